The lowest BCUT2D eigenvalue weighted by atomic mass is 9.90. The van der Waals surface area contributed by atoms with Crippen molar-refractivity contribution in [1.82, 2.24) is 0 Å². The number of nitriles is 1. The van der Waals surface area contributed by atoms with E-state index in [1.807, 2.05) is 0 Å². The molecule has 2 nitrogen and oxygen atoms in total. The third-order valence-corrected chi connectivity index (χ3v) is 4.05. The second kappa shape index (κ2) is 3.60. The van der Waals surface area contributed by atoms with Crippen molar-refractivity contribution in [3.05, 3.63) is 0 Å². The summed E-state index contributed by atoms with van der Waals surface area (Å²) in [5, 5.41) is 9.43. The van der Waals surface area contributed by atoms with E-state index in [-0.39, 0.29) is 5.41 Å². The van der Waals surface area contributed by atoms with Gasteiger partial charge in [-0.1, -0.05) is 20.8 Å². The number of rotatable bonds is 2. The van der Waals surface area contributed by atoms with Gasteiger partial charge >= 0.3 is 0 Å². The van der Waals surface area contributed by atoms with Crippen molar-refractivity contribution in [3.63, 3.8) is 0 Å². The minimum atomic E-state index is -1.64. The molecular formula is C12H23NOSi. The maximum absolute atomic E-state index is 9.43. The molecule has 3 heteroatoms. The normalized spacial score (nSPS) is 35.1. The molecule has 0 aliphatic heterocycles. The second-order valence-corrected chi connectivity index (χ2v) is 11.1. The van der Waals surface area contributed by atoms with Crippen molar-refractivity contribution >= 4 is 8.32 Å². The monoisotopic (exact) mass is 225 g/mol. The fraction of sp³-hybridized carbons (Fsp3) is 0.917. The van der Waals surface area contributed by atoms with Gasteiger partial charge in [0, 0.05) is 0 Å². The molecule has 0 radical (unpaired) electrons. The first kappa shape index (κ1) is 12.7. The van der Waals surface area contributed by atoms with Gasteiger partial charge in [-0.25, -0.2) is 0 Å². The molecule has 0 heterocycles. The molecule has 1 fully saturated rings. The topological polar surface area (TPSA) is 33.0 Å². The zero-order valence-electron chi connectivity index (χ0n) is 10.8. The molecule has 0 saturated heterocycles. The second-order valence-electron chi connectivity index (χ2n) is 6.66. The molecule has 1 saturated carbocycles. The van der Waals surface area contributed by atoms with Gasteiger partial charge in [-0.15, -0.1) is 0 Å². The summed E-state index contributed by atoms with van der Waals surface area (Å²) in [7, 11) is -1.64. The van der Waals surface area contributed by atoms with Crippen LogP contribution in [0.2, 0.25) is 19.6 Å². The van der Waals surface area contributed by atoms with E-state index in [2.05, 4.69) is 46.5 Å². The first-order chi connectivity index (χ1) is 6.60. The Morgan fingerprint density at radius 1 is 1.33 bits per heavy atom. The number of hydrogen-bond donors (Lipinski definition) is 0. The smallest absolute Gasteiger partial charge is 0.185 e. The molecule has 1 aliphatic rings. The predicted octanol–water partition coefficient (Wildman–Crippen LogP) is 3.56. The van der Waals surface area contributed by atoms with Gasteiger partial charge in [-0.2, -0.15) is 5.26 Å². The average molecular weight is 225 g/mol. The fourth-order valence-electron chi connectivity index (χ4n) is 2.81. The van der Waals surface area contributed by atoms with E-state index >= 15 is 0 Å². The van der Waals surface area contributed by atoms with Gasteiger partial charge in [-0.3, -0.25) is 0 Å². The van der Waals surface area contributed by atoms with Crippen LogP contribution in [0.5, 0.6) is 0 Å². The minimum Gasteiger partial charge on any atom is -0.400 e. The lowest BCUT2D eigenvalue weighted by molar-refractivity contribution is 0.0803. The maximum atomic E-state index is 9.43. The minimum absolute atomic E-state index is 0.245. The van der Waals surface area contributed by atoms with Gasteiger partial charge in [0.1, 0.15) is 5.60 Å². The van der Waals surface area contributed by atoms with Crippen molar-refractivity contribution in [1.29, 1.82) is 5.26 Å². The quantitative estimate of drug-likeness (QED) is 0.673. The van der Waals surface area contributed by atoms with E-state index < -0.39 is 13.9 Å². The summed E-state index contributed by atoms with van der Waals surface area (Å²) in [5.74, 6) is 0.351. The molecule has 1 aliphatic carbocycles. The van der Waals surface area contributed by atoms with E-state index in [9.17, 15) is 5.26 Å². The fourth-order valence-corrected chi connectivity index (χ4v) is 4.22. The Morgan fingerprint density at radius 2 is 1.87 bits per heavy atom. The van der Waals surface area contributed by atoms with Crippen molar-refractivity contribution in [2.75, 3.05) is 0 Å². The molecule has 0 amide bonds. The van der Waals surface area contributed by atoms with Crippen LogP contribution in [0.1, 0.15) is 33.6 Å². The molecule has 0 aromatic heterocycles. The van der Waals surface area contributed by atoms with Crippen molar-refractivity contribution in [3.8, 4) is 6.07 Å². The first-order valence-corrected chi connectivity index (χ1v) is 9.13. The predicted molar refractivity (Wildman–Crippen MR) is 65.0 cm³/mol. The highest BCUT2D eigenvalue weighted by Crippen LogP contribution is 2.50. The highest BCUT2D eigenvalue weighted by molar-refractivity contribution is 6.69. The Labute approximate surface area is 94.8 Å². The van der Waals surface area contributed by atoms with Crippen LogP contribution in [0.4, 0.5) is 0 Å². The van der Waals surface area contributed by atoms with Crippen LogP contribution in [0, 0.1) is 22.7 Å². The summed E-state index contributed by atoms with van der Waals surface area (Å²) >= 11 is 0. The molecule has 15 heavy (non-hydrogen) atoms. The van der Waals surface area contributed by atoms with Gasteiger partial charge < -0.3 is 4.43 Å². The van der Waals surface area contributed by atoms with E-state index in [0.717, 1.165) is 12.8 Å². The summed E-state index contributed by atoms with van der Waals surface area (Å²) in [5.41, 5.74) is -0.275. The van der Waals surface area contributed by atoms with Crippen LogP contribution in [0.25, 0.3) is 0 Å². The highest BCUT2D eigenvalue weighted by Gasteiger charge is 2.51. The Bertz CT molecular complexity index is 287. The molecule has 0 spiro atoms. The summed E-state index contributed by atoms with van der Waals surface area (Å²) in [6, 6.07) is 2.45. The standard InChI is InChI=1S/C12H23NOSi/c1-10-7-11(2,3)8-12(10,9-13)14-15(4,5)6/h10H,7-8H2,1-6H3. The third kappa shape index (κ3) is 2.82. The summed E-state index contributed by atoms with van der Waals surface area (Å²) in [6.07, 6.45) is 1.97. The zero-order valence-corrected chi connectivity index (χ0v) is 11.8. The lowest BCUT2D eigenvalue weighted by Gasteiger charge is -2.34. The molecule has 0 aromatic rings. The van der Waals surface area contributed by atoms with Gasteiger partial charge in [0.05, 0.1) is 6.07 Å². The van der Waals surface area contributed by atoms with Crippen LogP contribution in [0.15, 0.2) is 0 Å². The molecular weight excluding hydrogens is 202 g/mol. The van der Waals surface area contributed by atoms with Crippen LogP contribution in [0.3, 0.4) is 0 Å². The van der Waals surface area contributed by atoms with Crippen molar-refractivity contribution < 1.29 is 4.43 Å². The summed E-state index contributed by atoms with van der Waals surface area (Å²) < 4.78 is 6.16. The molecule has 2 atom stereocenters. The third-order valence-electron chi connectivity index (χ3n) is 3.07. The Balaban J connectivity index is 2.93. The average Bonchev–Trinajstić information content (AvgIpc) is 2.18. The Morgan fingerprint density at radius 3 is 2.13 bits per heavy atom. The van der Waals surface area contributed by atoms with E-state index in [1.165, 1.54) is 0 Å². The molecule has 2 unspecified atom stereocenters. The Hall–Kier alpha value is -0.333. The molecule has 0 N–H and O–H groups in total. The van der Waals surface area contributed by atoms with Gasteiger partial charge in [0.2, 0.25) is 0 Å². The molecule has 0 aromatic carbocycles. The summed E-state index contributed by atoms with van der Waals surface area (Å²) in [4.78, 5) is 0. The van der Waals surface area contributed by atoms with E-state index in [1.54, 1.807) is 0 Å². The zero-order chi connectivity index (χ0) is 11.9. The molecule has 86 valence electrons. The van der Waals surface area contributed by atoms with Gasteiger partial charge in [0.15, 0.2) is 8.32 Å². The van der Waals surface area contributed by atoms with Crippen LogP contribution >= 0.6 is 0 Å². The van der Waals surface area contributed by atoms with Gasteiger partial charge in [0.25, 0.3) is 0 Å². The Kier molecular flexibility index (Phi) is 3.06. The van der Waals surface area contributed by atoms with Crippen LogP contribution in [-0.2, 0) is 4.43 Å². The SMILES string of the molecule is CC1CC(C)(C)CC1(C#N)O[Si](C)(C)C. The van der Waals surface area contributed by atoms with E-state index in [4.69, 9.17) is 4.43 Å². The lowest BCUT2D eigenvalue weighted by Crippen LogP contribution is -2.43. The summed E-state index contributed by atoms with van der Waals surface area (Å²) in [6.45, 7) is 13.1. The largest absolute Gasteiger partial charge is 0.400 e. The van der Waals surface area contributed by atoms with E-state index in [0.29, 0.717) is 5.92 Å². The number of hydrogen-bond acceptors (Lipinski definition) is 2. The van der Waals surface area contributed by atoms with Crippen molar-refractivity contribution in [2.24, 2.45) is 11.3 Å². The molecule has 0 bridgehead atoms. The maximum Gasteiger partial charge on any atom is 0.185 e. The van der Waals surface area contributed by atoms with Gasteiger partial charge in [-0.05, 0) is 43.8 Å². The number of nitrogens with zero attached hydrogens (tertiary/aromatic N) is 1. The van der Waals surface area contributed by atoms with Crippen molar-refractivity contribution in [2.45, 2.75) is 58.9 Å². The first-order valence-electron chi connectivity index (χ1n) is 5.72. The highest BCUT2D eigenvalue weighted by atomic mass is 28.4. The van der Waals surface area contributed by atoms with Crippen LogP contribution in [-0.4, -0.2) is 13.9 Å². The molecule has 1 rings (SSSR count). The van der Waals surface area contributed by atoms with Crippen LogP contribution < -0.4 is 0 Å².